The van der Waals surface area contributed by atoms with Crippen LogP contribution in [0.4, 0.5) is 10.1 Å². The molecule has 0 unspecified atom stereocenters. The van der Waals surface area contributed by atoms with Crippen LogP contribution in [0.2, 0.25) is 0 Å². The van der Waals surface area contributed by atoms with Gasteiger partial charge in [-0.05, 0) is 35.4 Å². The van der Waals surface area contributed by atoms with Crippen molar-refractivity contribution in [1.29, 1.82) is 0 Å². The Bertz CT molecular complexity index is 1040. The summed E-state index contributed by atoms with van der Waals surface area (Å²) < 4.78 is 18.9. The Balaban J connectivity index is 1.71. The van der Waals surface area contributed by atoms with Gasteiger partial charge in [0, 0.05) is 13.6 Å². The smallest absolute Gasteiger partial charge is 0.256 e. The minimum atomic E-state index is -0.482. The number of hydrogen-bond acceptors (Lipinski definition) is 3. The van der Waals surface area contributed by atoms with Crippen molar-refractivity contribution < 1.29 is 18.7 Å². The average Bonchev–Trinajstić information content (AvgIpc) is 2.74. The highest BCUT2D eigenvalue weighted by Crippen LogP contribution is 2.21. The van der Waals surface area contributed by atoms with E-state index in [2.05, 4.69) is 5.32 Å². The fourth-order valence-corrected chi connectivity index (χ4v) is 3.11. The lowest BCUT2D eigenvalue weighted by molar-refractivity contribution is -0.115. The molecule has 0 spiro atoms. The van der Waals surface area contributed by atoms with Crippen molar-refractivity contribution in [2.75, 3.05) is 19.5 Å². The number of nitrogens with zero attached hydrogens (tertiary/aromatic N) is 1. The lowest BCUT2D eigenvalue weighted by Crippen LogP contribution is -2.27. The summed E-state index contributed by atoms with van der Waals surface area (Å²) in [5, 5.41) is 2.82. The number of anilines is 1. The molecule has 0 fully saturated rings. The summed E-state index contributed by atoms with van der Waals surface area (Å²) in [4.78, 5) is 26.9. The largest absolute Gasteiger partial charge is 0.494 e. The van der Waals surface area contributed by atoms with E-state index in [1.807, 2.05) is 30.3 Å². The highest BCUT2D eigenvalue weighted by atomic mass is 19.1. The Morgan fingerprint density at radius 3 is 2.37 bits per heavy atom. The van der Waals surface area contributed by atoms with Crippen LogP contribution in [0.3, 0.4) is 0 Å². The molecule has 3 aromatic carbocycles. The second-order valence-electron chi connectivity index (χ2n) is 6.89. The summed E-state index contributed by atoms with van der Waals surface area (Å²) in [5.41, 5.74) is 2.33. The molecule has 1 N–H and O–H groups in total. The first-order chi connectivity index (χ1) is 14.5. The maximum Gasteiger partial charge on any atom is 0.256 e. The van der Waals surface area contributed by atoms with Crippen molar-refractivity contribution in [2.45, 2.75) is 13.0 Å². The topological polar surface area (TPSA) is 58.6 Å². The van der Waals surface area contributed by atoms with Crippen LogP contribution in [0.25, 0.3) is 0 Å². The molecule has 0 aliphatic carbocycles. The highest BCUT2D eigenvalue weighted by Gasteiger charge is 2.18. The molecule has 2 amide bonds. The monoisotopic (exact) mass is 406 g/mol. The van der Waals surface area contributed by atoms with Crippen LogP contribution in [-0.4, -0.2) is 30.9 Å². The van der Waals surface area contributed by atoms with Gasteiger partial charge in [0.1, 0.15) is 0 Å². The Morgan fingerprint density at radius 2 is 1.67 bits per heavy atom. The molecule has 0 radical (unpaired) electrons. The minimum absolute atomic E-state index is 0.152. The van der Waals surface area contributed by atoms with Gasteiger partial charge in [-0.3, -0.25) is 9.59 Å². The van der Waals surface area contributed by atoms with Crippen LogP contribution in [0, 0.1) is 5.82 Å². The Morgan fingerprint density at radius 1 is 0.967 bits per heavy atom. The number of halogens is 1. The predicted molar refractivity (Wildman–Crippen MR) is 114 cm³/mol. The molecule has 0 aromatic heterocycles. The van der Waals surface area contributed by atoms with Gasteiger partial charge in [-0.1, -0.05) is 48.5 Å². The van der Waals surface area contributed by atoms with Crippen molar-refractivity contribution in [3.05, 3.63) is 95.3 Å². The molecule has 30 heavy (non-hydrogen) atoms. The van der Waals surface area contributed by atoms with Crippen LogP contribution < -0.4 is 10.1 Å². The Hall–Kier alpha value is -3.67. The van der Waals surface area contributed by atoms with Gasteiger partial charge in [-0.2, -0.15) is 0 Å². The van der Waals surface area contributed by atoms with E-state index >= 15 is 0 Å². The molecule has 0 heterocycles. The number of amides is 2. The molecule has 154 valence electrons. The summed E-state index contributed by atoms with van der Waals surface area (Å²) in [6, 6.07) is 20.8. The summed E-state index contributed by atoms with van der Waals surface area (Å²) in [6.07, 6.45) is 0.213. The highest BCUT2D eigenvalue weighted by molar-refractivity contribution is 6.04. The number of para-hydroxylation sites is 1. The van der Waals surface area contributed by atoms with Crippen LogP contribution >= 0.6 is 0 Å². The van der Waals surface area contributed by atoms with Gasteiger partial charge in [0.05, 0.1) is 24.8 Å². The van der Waals surface area contributed by atoms with Crippen LogP contribution in [0.15, 0.2) is 72.8 Å². The Kier molecular flexibility index (Phi) is 6.80. The van der Waals surface area contributed by atoms with Crippen LogP contribution in [-0.2, 0) is 17.8 Å². The van der Waals surface area contributed by atoms with Gasteiger partial charge in [0.15, 0.2) is 11.6 Å². The van der Waals surface area contributed by atoms with E-state index < -0.39 is 5.82 Å². The molecule has 5 nitrogen and oxygen atoms in total. The van der Waals surface area contributed by atoms with Gasteiger partial charge in [0.25, 0.3) is 5.91 Å². The second kappa shape index (κ2) is 9.69. The summed E-state index contributed by atoms with van der Waals surface area (Å²) in [6.45, 7) is 0.214. The van der Waals surface area contributed by atoms with Crippen molar-refractivity contribution in [2.24, 2.45) is 0 Å². The van der Waals surface area contributed by atoms with Gasteiger partial charge in [-0.25, -0.2) is 4.39 Å². The fraction of sp³-hybridized carbons (Fsp3) is 0.167. The number of nitrogens with one attached hydrogen (secondary N) is 1. The number of carbonyl (C=O) groups excluding carboxylic acids is 2. The quantitative estimate of drug-likeness (QED) is 0.637. The maximum absolute atomic E-state index is 13.9. The van der Waals surface area contributed by atoms with E-state index in [4.69, 9.17) is 4.74 Å². The first-order valence-electron chi connectivity index (χ1n) is 9.48. The number of hydrogen-bond donors (Lipinski definition) is 1. The zero-order valence-electron chi connectivity index (χ0n) is 16.9. The third-order valence-electron chi connectivity index (χ3n) is 4.62. The van der Waals surface area contributed by atoms with Gasteiger partial charge in [0.2, 0.25) is 5.91 Å². The number of methoxy groups -OCH3 is 1. The molecule has 0 aliphatic rings. The van der Waals surface area contributed by atoms with E-state index in [1.54, 1.807) is 37.4 Å². The predicted octanol–water partition coefficient (Wildman–Crippen LogP) is 4.29. The number of ether oxygens (including phenoxy) is 1. The first-order valence-corrected chi connectivity index (χ1v) is 9.48. The van der Waals surface area contributed by atoms with Crippen molar-refractivity contribution in [3.63, 3.8) is 0 Å². The van der Waals surface area contributed by atoms with Gasteiger partial charge >= 0.3 is 0 Å². The molecule has 0 bridgehead atoms. The molecule has 0 aliphatic heterocycles. The third-order valence-corrected chi connectivity index (χ3v) is 4.62. The lowest BCUT2D eigenvalue weighted by atomic mass is 10.1. The summed E-state index contributed by atoms with van der Waals surface area (Å²) >= 11 is 0. The summed E-state index contributed by atoms with van der Waals surface area (Å²) in [7, 11) is 3.03. The molecule has 3 rings (SSSR count). The molecule has 6 heteroatoms. The van der Waals surface area contributed by atoms with Gasteiger partial charge in [-0.15, -0.1) is 0 Å². The fourth-order valence-electron chi connectivity index (χ4n) is 3.11. The van der Waals surface area contributed by atoms with E-state index in [-0.39, 0.29) is 30.5 Å². The molecule has 3 aromatic rings. The normalized spacial score (nSPS) is 10.4. The Labute approximate surface area is 175 Å². The molecular weight excluding hydrogens is 383 g/mol. The van der Waals surface area contributed by atoms with Crippen LogP contribution in [0.5, 0.6) is 5.75 Å². The zero-order chi connectivity index (χ0) is 21.5. The van der Waals surface area contributed by atoms with Crippen molar-refractivity contribution in [3.8, 4) is 5.75 Å². The van der Waals surface area contributed by atoms with Gasteiger partial charge < -0.3 is 15.0 Å². The lowest BCUT2D eigenvalue weighted by Gasteiger charge is -2.20. The number of rotatable bonds is 7. The first kappa shape index (κ1) is 21.0. The standard InChI is InChI=1S/C24H23FN2O3/c1-27(16-18-12-13-22(30-2)20(25)14-18)24(29)19-10-6-7-11-21(19)26-23(28)15-17-8-4-3-5-9-17/h3-14H,15-16H2,1-2H3,(H,26,28). The zero-order valence-corrected chi connectivity index (χ0v) is 16.9. The minimum Gasteiger partial charge on any atom is -0.494 e. The molecule has 0 saturated carbocycles. The van der Waals surface area contributed by atoms with Crippen molar-refractivity contribution >= 4 is 17.5 Å². The molecule has 0 saturated heterocycles. The summed E-state index contributed by atoms with van der Waals surface area (Å²) in [5.74, 6) is -0.813. The van der Waals surface area contributed by atoms with E-state index in [9.17, 15) is 14.0 Å². The van der Waals surface area contributed by atoms with Crippen molar-refractivity contribution in [1.82, 2.24) is 4.90 Å². The second-order valence-corrected chi connectivity index (χ2v) is 6.89. The third kappa shape index (κ3) is 5.23. The number of carbonyl (C=O) groups is 2. The molecular formula is C24H23FN2O3. The molecule has 0 atom stereocenters. The SMILES string of the molecule is COc1ccc(CN(C)C(=O)c2ccccc2NC(=O)Cc2ccccc2)cc1F. The van der Waals surface area contributed by atoms with E-state index in [0.29, 0.717) is 16.8 Å². The average molecular weight is 406 g/mol. The van der Waals surface area contributed by atoms with E-state index in [0.717, 1.165) is 5.56 Å². The maximum atomic E-state index is 13.9. The number of benzene rings is 3. The van der Waals surface area contributed by atoms with Crippen LogP contribution in [0.1, 0.15) is 21.5 Å². The van der Waals surface area contributed by atoms with E-state index in [1.165, 1.54) is 24.1 Å².